The minimum Gasteiger partial charge on any atom is -0.379 e. The Hall–Kier alpha value is -2.61. The average Bonchev–Trinajstić information content (AvgIpc) is 3.18. The molecule has 7 heteroatoms. The Bertz CT molecular complexity index is 1010. The third-order valence-corrected chi connectivity index (χ3v) is 5.59. The van der Waals surface area contributed by atoms with E-state index in [1.165, 1.54) is 16.8 Å². The van der Waals surface area contributed by atoms with Crippen molar-refractivity contribution in [2.45, 2.75) is 19.9 Å². The summed E-state index contributed by atoms with van der Waals surface area (Å²) in [5.41, 5.74) is 4.12. The summed E-state index contributed by atoms with van der Waals surface area (Å²) in [4.78, 5) is 2.42. The number of ether oxygens (including phenoxy) is 1. The monoisotopic (exact) mass is 426 g/mol. The van der Waals surface area contributed by atoms with Gasteiger partial charge in [-0.15, -0.1) is 0 Å². The lowest BCUT2D eigenvalue weighted by atomic mass is 10.0. The summed E-state index contributed by atoms with van der Waals surface area (Å²) in [5, 5.41) is 8.16. The van der Waals surface area contributed by atoms with Gasteiger partial charge in [-0.2, -0.15) is 5.10 Å². The van der Waals surface area contributed by atoms with E-state index in [1.54, 1.807) is 0 Å². The van der Waals surface area contributed by atoms with Crippen molar-refractivity contribution in [1.82, 2.24) is 20.0 Å². The van der Waals surface area contributed by atoms with Crippen molar-refractivity contribution in [2.24, 2.45) is 0 Å². The topological polar surface area (TPSA) is 42.3 Å². The third-order valence-electron chi connectivity index (χ3n) is 5.59. The van der Waals surface area contributed by atoms with Crippen LogP contribution in [0.1, 0.15) is 17.5 Å². The first-order valence-electron chi connectivity index (χ1n) is 10.7. The van der Waals surface area contributed by atoms with Crippen LogP contribution in [0.5, 0.6) is 0 Å². The summed E-state index contributed by atoms with van der Waals surface area (Å²) in [6, 6.07) is 11.6. The molecule has 1 fully saturated rings. The maximum Gasteiger partial charge on any atom is 0.151 e. The van der Waals surface area contributed by atoms with E-state index in [0.717, 1.165) is 74.3 Å². The van der Waals surface area contributed by atoms with E-state index >= 15 is 0 Å². The average molecular weight is 427 g/mol. The van der Waals surface area contributed by atoms with Crippen LogP contribution < -0.4 is 5.32 Å². The molecule has 1 aromatic heterocycles. The van der Waals surface area contributed by atoms with Crippen molar-refractivity contribution in [1.29, 1.82) is 0 Å². The molecule has 1 aliphatic rings. The van der Waals surface area contributed by atoms with Crippen molar-refractivity contribution in [2.75, 3.05) is 39.4 Å². The predicted molar refractivity (Wildman–Crippen MR) is 117 cm³/mol. The van der Waals surface area contributed by atoms with Gasteiger partial charge in [0, 0.05) is 43.0 Å². The normalized spacial score (nSPS) is 14.8. The second-order valence-corrected chi connectivity index (χ2v) is 7.84. The van der Waals surface area contributed by atoms with Crippen molar-refractivity contribution in [3.63, 3.8) is 0 Å². The second kappa shape index (κ2) is 10.1. The Balaban J connectivity index is 1.49. The predicted octanol–water partition coefficient (Wildman–Crippen LogP) is 3.94. The summed E-state index contributed by atoms with van der Waals surface area (Å²) in [5.74, 6) is -1.24. The van der Waals surface area contributed by atoms with Crippen LogP contribution in [0.2, 0.25) is 0 Å². The summed E-state index contributed by atoms with van der Waals surface area (Å²) >= 11 is 0. The van der Waals surface area contributed by atoms with E-state index in [-0.39, 0.29) is 5.69 Å². The third kappa shape index (κ3) is 5.36. The maximum atomic E-state index is 14.4. The summed E-state index contributed by atoms with van der Waals surface area (Å²) < 4.78 is 34.6. The Labute approximate surface area is 181 Å². The molecule has 1 N–H and O–H groups in total. The molecule has 1 aliphatic heterocycles. The summed E-state index contributed by atoms with van der Waals surface area (Å²) in [7, 11) is 0. The molecular formula is C24H28F2N4O. The van der Waals surface area contributed by atoms with Crippen molar-refractivity contribution in [3.05, 3.63) is 71.4 Å². The van der Waals surface area contributed by atoms with Gasteiger partial charge in [-0.25, -0.2) is 13.5 Å². The number of morpholine rings is 1. The first-order chi connectivity index (χ1) is 15.1. The largest absolute Gasteiger partial charge is 0.379 e. The fraction of sp³-hybridized carbons (Fsp3) is 0.375. The molecule has 5 nitrogen and oxygen atoms in total. The fourth-order valence-electron chi connectivity index (χ4n) is 3.87. The zero-order valence-electron chi connectivity index (χ0n) is 17.8. The van der Waals surface area contributed by atoms with Gasteiger partial charge in [0.2, 0.25) is 0 Å². The van der Waals surface area contributed by atoms with Gasteiger partial charge in [-0.3, -0.25) is 4.90 Å². The number of aryl methyl sites for hydroxylation is 1. The summed E-state index contributed by atoms with van der Waals surface area (Å²) in [6.07, 6.45) is 2.87. The van der Waals surface area contributed by atoms with Gasteiger partial charge >= 0.3 is 0 Å². The number of hydrogen-bond donors (Lipinski definition) is 1. The molecule has 2 heterocycles. The van der Waals surface area contributed by atoms with Gasteiger partial charge in [0.1, 0.15) is 11.5 Å². The van der Waals surface area contributed by atoms with Gasteiger partial charge in [0.15, 0.2) is 5.82 Å². The molecule has 0 aliphatic carbocycles. The number of rotatable bonds is 8. The molecule has 1 saturated heterocycles. The van der Waals surface area contributed by atoms with E-state index in [9.17, 15) is 8.78 Å². The molecule has 0 bridgehead atoms. The van der Waals surface area contributed by atoms with Crippen LogP contribution in [0.15, 0.2) is 48.7 Å². The van der Waals surface area contributed by atoms with Crippen LogP contribution in [0.25, 0.3) is 16.9 Å². The molecule has 0 radical (unpaired) electrons. The minimum atomic E-state index is -0.635. The number of hydrogen-bond acceptors (Lipinski definition) is 4. The minimum absolute atomic E-state index is 0.231. The summed E-state index contributed by atoms with van der Waals surface area (Å²) in [6.45, 7) is 8.18. The zero-order valence-corrected chi connectivity index (χ0v) is 17.8. The number of aromatic nitrogens is 2. The molecule has 2 aromatic carbocycles. The van der Waals surface area contributed by atoms with E-state index in [4.69, 9.17) is 4.74 Å². The first kappa shape index (κ1) is 21.6. The molecule has 0 saturated carbocycles. The lowest BCUT2D eigenvalue weighted by Gasteiger charge is -2.26. The molecule has 0 amide bonds. The van der Waals surface area contributed by atoms with Gasteiger partial charge in [-0.1, -0.05) is 24.3 Å². The zero-order chi connectivity index (χ0) is 21.6. The van der Waals surface area contributed by atoms with E-state index < -0.39 is 11.6 Å². The lowest BCUT2D eigenvalue weighted by Crippen LogP contribution is -2.37. The van der Waals surface area contributed by atoms with Gasteiger partial charge in [0.05, 0.1) is 18.9 Å². The van der Waals surface area contributed by atoms with Gasteiger partial charge in [0.25, 0.3) is 0 Å². The highest BCUT2D eigenvalue weighted by molar-refractivity contribution is 5.66. The Kier molecular flexibility index (Phi) is 7.06. The highest BCUT2D eigenvalue weighted by Gasteiger charge is 2.16. The van der Waals surface area contributed by atoms with Crippen LogP contribution in [0.4, 0.5) is 8.78 Å². The quantitative estimate of drug-likeness (QED) is 0.554. The SMILES string of the molecule is Cc1ccccc1-c1nn(-c2ccc(F)cc2F)cc1CNCCCN1CCOCC1. The number of nitrogens with zero attached hydrogens (tertiary/aromatic N) is 3. The molecule has 0 atom stereocenters. The molecule has 31 heavy (non-hydrogen) atoms. The second-order valence-electron chi connectivity index (χ2n) is 7.84. The number of nitrogens with one attached hydrogen (secondary N) is 1. The van der Waals surface area contributed by atoms with Crippen LogP contribution in [0.3, 0.4) is 0 Å². The van der Waals surface area contributed by atoms with E-state index in [2.05, 4.69) is 15.3 Å². The number of benzene rings is 2. The fourth-order valence-corrected chi connectivity index (χ4v) is 3.87. The standard InChI is InChI=1S/C24H28F2N4O/c1-18-5-2-3-6-21(18)24-19(16-27-9-4-10-29-11-13-31-14-12-29)17-30(28-24)23-8-7-20(25)15-22(23)26/h2-3,5-8,15,17,27H,4,9-14,16H2,1H3. The first-order valence-corrected chi connectivity index (χ1v) is 10.7. The Morgan fingerprint density at radius 3 is 2.68 bits per heavy atom. The van der Waals surface area contributed by atoms with Crippen LogP contribution in [0, 0.1) is 18.6 Å². The van der Waals surface area contributed by atoms with E-state index in [0.29, 0.717) is 6.54 Å². The highest BCUT2D eigenvalue weighted by Crippen LogP contribution is 2.27. The number of halogens is 2. The Morgan fingerprint density at radius 2 is 1.90 bits per heavy atom. The molecular weight excluding hydrogens is 398 g/mol. The van der Waals surface area contributed by atoms with Crippen molar-refractivity contribution >= 4 is 0 Å². The van der Waals surface area contributed by atoms with Gasteiger partial charge in [-0.05, 0) is 44.1 Å². The van der Waals surface area contributed by atoms with Gasteiger partial charge < -0.3 is 10.1 Å². The van der Waals surface area contributed by atoms with Crippen LogP contribution >= 0.6 is 0 Å². The van der Waals surface area contributed by atoms with E-state index in [1.807, 2.05) is 37.4 Å². The Morgan fingerprint density at radius 1 is 1.10 bits per heavy atom. The van der Waals surface area contributed by atoms with Crippen molar-refractivity contribution in [3.8, 4) is 16.9 Å². The van der Waals surface area contributed by atoms with Crippen LogP contribution in [-0.4, -0.2) is 54.1 Å². The lowest BCUT2D eigenvalue weighted by molar-refractivity contribution is 0.0374. The highest BCUT2D eigenvalue weighted by atomic mass is 19.1. The molecule has 4 rings (SSSR count). The smallest absolute Gasteiger partial charge is 0.151 e. The molecule has 164 valence electrons. The maximum absolute atomic E-state index is 14.4. The van der Waals surface area contributed by atoms with Crippen LogP contribution in [-0.2, 0) is 11.3 Å². The molecule has 0 unspecified atom stereocenters. The molecule has 0 spiro atoms. The molecule has 3 aromatic rings. The van der Waals surface area contributed by atoms with Crippen molar-refractivity contribution < 1.29 is 13.5 Å².